The van der Waals surface area contributed by atoms with E-state index >= 15 is 0 Å². The van der Waals surface area contributed by atoms with Crippen LogP contribution in [-0.4, -0.2) is 19.3 Å². The van der Waals surface area contributed by atoms with E-state index in [-0.39, 0.29) is 0 Å². The summed E-state index contributed by atoms with van der Waals surface area (Å²) < 4.78 is 0. The van der Waals surface area contributed by atoms with Crippen molar-refractivity contribution < 1.29 is 0 Å². The number of hydrogen-bond acceptors (Lipinski definition) is 2. The Balaban J connectivity index is 2.36. The van der Waals surface area contributed by atoms with E-state index in [9.17, 15) is 0 Å². The smallest absolute Gasteiger partial charge is 0.0797 e. The van der Waals surface area contributed by atoms with Crippen molar-refractivity contribution in [3.63, 3.8) is 0 Å². The summed E-state index contributed by atoms with van der Waals surface area (Å²) in [6.45, 7) is 0.853. The third-order valence-corrected chi connectivity index (χ3v) is 1.98. The van der Waals surface area contributed by atoms with Gasteiger partial charge in [-0.15, -0.1) is 0 Å². The molecule has 0 fully saturated rings. The lowest BCUT2D eigenvalue weighted by atomic mass is 10.2. The first-order valence-electron chi connectivity index (χ1n) is 3.53. The molecule has 2 heteroatoms. The van der Waals surface area contributed by atoms with Gasteiger partial charge in [0.05, 0.1) is 12.3 Å². The van der Waals surface area contributed by atoms with Crippen molar-refractivity contribution in [1.82, 2.24) is 5.32 Å². The summed E-state index contributed by atoms with van der Waals surface area (Å²) in [5.41, 5.74) is 3.87. The number of likely N-dealkylation sites (N-methyl/N-ethyl adjacent to an activating group) is 1. The minimum atomic E-state index is 0.853. The molecular formula is C8H10N2. The first-order valence-corrected chi connectivity index (χ1v) is 3.53. The molecule has 1 N–H and O–H groups in total. The quantitative estimate of drug-likeness (QED) is 0.565. The van der Waals surface area contributed by atoms with Crippen LogP contribution in [0.25, 0.3) is 0 Å². The Bertz CT molecular complexity index is 246. The lowest BCUT2D eigenvalue weighted by Crippen LogP contribution is -2.08. The van der Waals surface area contributed by atoms with Crippen LogP contribution in [-0.2, 0) is 0 Å². The second kappa shape index (κ2) is 1.97. The number of nitrogens with one attached hydrogen (secondary N) is 1. The van der Waals surface area contributed by atoms with Crippen molar-refractivity contribution >= 4 is 5.71 Å². The Hall–Kier alpha value is -1.05. The van der Waals surface area contributed by atoms with E-state index in [1.807, 2.05) is 7.05 Å². The first kappa shape index (κ1) is 5.71. The fraction of sp³-hybridized carbons (Fsp3) is 0.375. The summed E-state index contributed by atoms with van der Waals surface area (Å²) in [6.07, 6.45) is 5.32. The SMILES string of the molecule is CNC1=C2CC=CC2=NC1. The molecule has 10 heavy (non-hydrogen) atoms. The Morgan fingerprint density at radius 3 is 3.30 bits per heavy atom. The summed E-state index contributed by atoms with van der Waals surface area (Å²) in [6, 6.07) is 0. The molecule has 0 aromatic heterocycles. The van der Waals surface area contributed by atoms with Crippen molar-refractivity contribution in [2.45, 2.75) is 6.42 Å². The van der Waals surface area contributed by atoms with Gasteiger partial charge in [0.1, 0.15) is 0 Å². The molecule has 1 heterocycles. The van der Waals surface area contributed by atoms with Gasteiger partial charge in [-0.05, 0) is 12.5 Å². The van der Waals surface area contributed by atoms with Crippen LogP contribution >= 0.6 is 0 Å². The average Bonchev–Trinajstić information content (AvgIpc) is 2.44. The molecule has 2 rings (SSSR count). The van der Waals surface area contributed by atoms with E-state index in [0.29, 0.717) is 0 Å². The molecule has 0 radical (unpaired) electrons. The van der Waals surface area contributed by atoms with E-state index in [2.05, 4.69) is 22.5 Å². The van der Waals surface area contributed by atoms with Gasteiger partial charge in [0.2, 0.25) is 0 Å². The van der Waals surface area contributed by atoms with Crippen LogP contribution in [0.1, 0.15) is 6.42 Å². The van der Waals surface area contributed by atoms with Gasteiger partial charge >= 0.3 is 0 Å². The van der Waals surface area contributed by atoms with Gasteiger partial charge < -0.3 is 5.32 Å². The van der Waals surface area contributed by atoms with Gasteiger partial charge in [-0.3, -0.25) is 4.99 Å². The topological polar surface area (TPSA) is 24.4 Å². The van der Waals surface area contributed by atoms with Crippen LogP contribution in [0.3, 0.4) is 0 Å². The molecule has 2 aliphatic rings. The molecule has 0 atom stereocenters. The highest BCUT2D eigenvalue weighted by molar-refractivity contribution is 6.12. The monoisotopic (exact) mass is 134 g/mol. The van der Waals surface area contributed by atoms with Crippen LogP contribution in [0.15, 0.2) is 28.4 Å². The normalized spacial score (nSPS) is 21.5. The van der Waals surface area contributed by atoms with E-state index in [0.717, 1.165) is 13.0 Å². The summed E-state index contributed by atoms with van der Waals surface area (Å²) in [4.78, 5) is 4.34. The average molecular weight is 134 g/mol. The molecule has 0 saturated carbocycles. The van der Waals surface area contributed by atoms with E-state index in [1.54, 1.807) is 0 Å². The van der Waals surface area contributed by atoms with Crippen molar-refractivity contribution in [1.29, 1.82) is 0 Å². The number of aliphatic imine (C=N–C) groups is 1. The number of nitrogens with zero attached hydrogens (tertiary/aromatic N) is 1. The molecule has 2 nitrogen and oxygen atoms in total. The van der Waals surface area contributed by atoms with Gasteiger partial charge in [0.25, 0.3) is 0 Å². The van der Waals surface area contributed by atoms with Gasteiger partial charge in [-0.1, -0.05) is 6.08 Å². The van der Waals surface area contributed by atoms with Crippen LogP contribution < -0.4 is 5.32 Å². The Morgan fingerprint density at radius 1 is 1.60 bits per heavy atom. The van der Waals surface area contributed by atoms with Crippen LogP contribution in [0.4, 0.5) is 0 Å². The van der Waals surface area contributed by atoms with E-state index < -0.39 is 0 Å². The zero-order valence-corrected chi connectivity index (χ0v) is 6.02. The van der Waals surface area contributed by atoms with E-state index in [1.165, 1.54) is 17.0 Å². The zero-order valence-electron chi connectivity index (χ0n) is 6.02. The molecule has 0 amide bonds. The minimum absolute atomic E-state index is 0.853. The molecule has 1 aliphatic carbocycles. The van der Waals surface area contributed by atoms with Gasteiger partial charge in [-0.2, -0.15) is 0 Å². The maximum absolute atomic E-state index is 4.34. The summed E-state index contributed by atoms with van der Waals surface area (Å²) in [7, 11) is 1.96. The Kier molecular flexibility index (Phi) is 1.13. The number of fused-ring (bicyclic) bond motifs is 1. The first-order chi connectivity index (χ1) is 4.92. The molecule has 0 aromatic rings. The Labute approximate surface area is 60.3 Å². The fourth-order valence-electron chi connectivity index (χ4n) is 1.41. The highest BCUT2D eigenvalue weighted by Crippen LogP contribution is 2.22. The second-order valence-corrected chi connectivity index (χ2v) is 2.52. The predicted molar refractivity (Wildman–Crippen MR) is 42.1 cm³/mol. The number of rotatable bonds is 1. The second-order valence-electron chi connectivity index (χ2n) is 2.52. The molecule has 0 saturated heterocycles. The molecule has 0 bridgehead atoms. The van der Waals surface area contributed by atoms with Crippen LogP contribution in [0.5, 0.6) is 0 Å². The zero-order chi connectivity index (χ0) is 6.97. The van der Waals surface area contributed by atoms with Crippen molar-refractivity contribution in [2.75, 3.05) is 13.6 Å². The number of allylic oxidation sites excluding steroid dienone is 3. The van der Waals surface area contributed by atoms with Crippen molar-refractivity contribution in [3.8, 4) is 0 Å². The maximum Gasteiger partial charge on any atom is 0.0797 e. The maximum atomic E-state index is 4.34. The van der Waals surface area contributed by atoms with Crippen LogP contribution in [0.2, 0.25) is 0 Å². The van der Waals surface area contributed by atoms with Gasteiger partial charge in [0, 0.05) is 18.3 Å². The van der Waals surface area contributed by atoms with Gasteiger partial charge in [0.15, 0.2) is 0 Å². The lowest BCUT2D eigenvalue weighted by Gasteiger charge is -2.00. The van der Waals surface area contributed by atoms with Crippen LogP contribution in [0, 0.1) is 0 Å². The van der Waals surface area contributed by atoms with Crippen molar-refractivity contribution in [2.24, 2.45) is 4.99 Å². The standard InChI is InChI=1S/C8H10N2/c1-9-8-5-10-7-4-2-3-6(7)8/h2,4,9H,3,5H2,1H3. The third kappa shape index (κ3) is 0.618. The van der Waals surface area contributed by atoms with Crippen molar-refractivity contribution in [3.05, 3.63) is 23.4 Å². The summed E-state index contributed by atoms with van der Waals surface area (Å²) in [5, 5.41) is 3.16. The summed E-state index contributed by atoms with van der Waals surface area (Å²) in [5.74, 6) is 0. The molecule has 0 spiro atoms. The Morgan fingerprint density at radius 2 is 2.50 bits per heavy atom. The molecular weight excluding hydrogens is 124 g/mol. The largest absolute Gasteiger partial charge is 0.390 e. The summed E-state index contributed by atoms with van der Waals surface area (Å²) >= 11 is 0. The molecule has 0 unspecified atom stereocenters. The highest BCUT2D eigenvalue weighted by Gasteiger charge is 2.18. The molecule has 0 aromatic carbocycles. The van der Waals surface area contributed by atoms with Gasteiger partial charge in [-0.25, -0.2) is 0 Å². The fourth-order valence-corrected chi connectivity index (χ4v) is 1.41. The third-order valence-electron chi connectivity index (χ3n) is 1.98. The molecule has 1 aliphatic heterocycles. The molecule has 52 valence electrons. The number of hydrogen-bond donors (Lipinski definition) is 1. The minimum Gasteiger partial charge on any atom is -0.390 e. The van der Waals surface area contributed by atoms with E-state index in [4.69, 9.17) is 0 Å². The predicted octanol–water partition coefficient (Wildman–Crippen LogP) is 0.874. The highest BCUT2D eigenvalue weighted by atomic mass is 14.9. The lowest BCUT2D eigenvalue weighted by molar-refractivity contribution is 0.928.